The van der Waals surface area contributed by atoms with Crippen LogP contribution in [0, 0.1) is 5.82 Å². The molecule has 0 bridgehead atoms. The van der Waals surface area contributed by atoms with E-state index >= 15 is 0 Å². The van der Waals surface area contributed by atoms with E-state index in [0.29, 0.717) is 6.42 Å². The lowest BCUT2D eigenvalue weighted by Crippen LogP contribution is -2.01. The molecule has 3 rings (SSSR count). The summed E-state index contributed by atoms with van der Waals surface area (Å²) in [6.07, 6.45) is 0.972. The Balaban J connectivity index is 1.80. The highest BCUT2D eigenvalue weighted by molar-refractivity contribution is 9.10. The normalized spacial score (nSPS) is 15.9. The van der Waals surface area contributed by atoms with Gasteiger partial charge >= 0.3 is 0 Å². The van der Waals surface area contributed by atoms with Crippen LogP contribution >= 0.6 is 39.0 Å². The lowest BCUT2D eigenvalue weighted by molar-refractivity contribution is 0.182. The van der Waals surface area contributed by atoms with Crippen molar-refractivity contribution in [2.45, 2.75) is 24.7 Å². The standard InChI is InChI=1S/C15H14BrFOS2/c16-12-2-1-11(17)5-9(12)6-13(18)15-7-10-8-19-4-3-14(10)20-15/h1-2,5,7,13,18H,3-4,6,8H2. The fourth-order valence-electron chi connectivity index (χ4n) is 2.34. The SMILES string of the molecule is OC(Cc1cc(F)ccc1Br)c1cc2c(s1)CCSC2. The summed E-state index contributed by atoms with van der Waals surface area (Å²) in [7, 11) is 0. The molecular formula is C15H14BrFOS2. The van der Waals surface area contributed by atoms with Crippen LogP contribution in [-0.2, 0) is 18.6 Å². The van der Waals surface area contributed by atoms with Gasteiger partial charge in [0.15, 0.2) is 0 Å². The molecule has 0 aliphatic carbocycles. The average molecular weight is 373 g/mol. The Labute approximate surface area is 134 Å². The summed E-state index contributed by atoms with van der Waals surface area (Å²) >= 11 is 7.05. The minimum atomic E-state index is -0.561. The van der Waals surface area contributed by atoms with E-state index in [1.807, 2.05) is 11.8 Å². The monoisotopic (exact) mass is 372 g/mol. The van der Waals surface area contributed by atoms with Gasteiger partial charge in [0.25, 0.3) is 0 Å². The zero-order valence-corrected chi connectivity index (χ0v) is 14.0. The summed E-state index contributed by atoms with van der Waals surface area (Å²) in [6, 6.07) is 6.70. The van der Waals surface area contributed by atoms with Crippen molar-refractivity contribution >= 4 is 39.0 Å². The van der Waals surface area contributed by atoms with E-state index in [1.54, 1.807) is 17.4 Å². The molecule has 1 aromatic heterocycles. The maximum absolute atomic E-state index is 13.3. The molecule has 0 radical (unpaired) electrons. The molecule has 20 heavy (non-hydrogen) atoms. The third kappa shape index (κ3) is 3.11. The van der Waals surface area contributed by atoms with E-state index in [2.05, 4.69) is 22.0 Å². The topological polar surface area (TPSA) is 20.2 Å². The summed E-state index contributed by atoms with van der Waals surface area (Å²) in [4.78, 5) is 2.39. The highest BCUT2D eigenvalue weighted by Crippen LogP contribution is 2.36. The number of aliphatic hydroxyl groups excluding tert-OH is 1. The van der Waals surface area contributed by atoms with Crippen molar-refractivity contribution in [3.05, 3.63) is 55.4 Å². The van der Waals surface area contributed by atoms with Gasteiger partial charge in [-0.05, 0) is 47.6 Å². The van der Waals surface area contributed by atoms with Gasteiger partial charge in [0.2, 0.25) is 0 Å². The van der Waals surface area contributed by atoms with Crippen molar-refractivity contribution in [1.82, 2.24) is 0 Å². The van der Waals surface area contributed by atoms with Crippen molar-refractivity contribution in [3.63, 3.8) is 0 Å². The second-order valence-electron chi connectivity index (χ2n) is 4.86. The molecule has 1 atom stereocenters. The molecular weight excluding hydrogens is 359 g/mol. The first-order valence-corrected chi connectivity index (χ1v) is 9.21. The van der Waals surface area contributed by atoms with Crippen LogP contribution < -0.4 is 0 Å². The number of hydrogen-bond acceptors (Lipinski definition) is 3. The number of thioether (sulfide) groups is 1. The van der Waals surface area contributed by atoms with Gasteiger partial charge in [0, 0.05) is 26.4 Å². The number of aliphatic hydroxyl groups is 1. The summed E-state index contributed by atoms with van der Waals surface area (Å²) in [5.74, 6) is 1.94. The number of benzene rings is 1. The van der Waals surface area contributed by atoms with Gasteiger partial charge in [0.1, 0.15) is 5.82 Å². The molecule has 0 saturated carbocycles. The Kier molecular flexibility index (Phi) is 4.50. The summed E-state index contributed by atoms with van der Waals surface area (Å²) in [5.41, 5.74) is 2.16. The molecule has 1 aliphatic heterocycles. The lowest BCUT2D eigenvalue weighted by atomic mass is 10.1. The molecule has 0 spiro atoms. The molecule has 2 heterocycles. The van der Waals surface area contributed by atoms with Crippen molar-refractivity contribution in [2.75, 3.05) is 5.75 Å². The number of rotatable bonds is 3. The smallest absolute Gasteiger partial charge is 0.123 e. The Hall–Kier alpha value is -0.360. The predicted molar refractivity (Wildman–Crippen MR) is 86.9 cm³/mol. The van der Waals surface area contributed by atoms with Gasteiger partial charge in [-0.3, -0.25) is 0 Å². The van der Waals surface area contributed by atoms with Crippen LogP contribution in [0.1, 0.15) is 27.0 Å². The fourth-order valence-corrected chi connectivity index (χ4v) is 5.11. The van der Waals surface area contributed by atoms with Gasteiger partial charge in [-0.2, -0.15) is 11.8 Å². The van der Waals surface area contributed by atoms with Gasteiger partial charge in [0.05, 0.1) is 6.10 Å². The first-order chi connectivity index (χ1) is 9.63. The zero-order chi connectivity index (χ0) is 14.1. The van der Waals surface area contributed by atoms with Crippen LogP contribution in [0.15, 0.2) is 28.7 Å². The number of fused-ring (bicyclic) bond motifs is 1. The van der Waals surface area contributed by atoms with Crippen molar-refractivity contribution < 1.29 is 9.50 Å². The maximum Gasteiger partial charge on any atom is 0.123 e. The Morgan fingerprint density at radius 2 is 2.20 bits per heavy atom. The molecule has 5 heteroatoms. The predicted octanol–water partition coefficient (Wildman–Crippen LogP) is 4.72. The molecule has 1 unspecified atom stereocenters. The molecule has 1 nitrogen and oxygen atoms in total. The molecule has 1 aromatic carbocycles. The van der Waals surface area contributed by atoms with Crippen LogP contribution in [0.2, 0.25) is 0 Å². The van der Waals surface area contributed by atoms with Crippen LogP contribution in [0.25, 0.3) is 0 Å². The number of aryl methyl sites for hydroxylation is 1. The highest BCUT2D eigenvalue weighted by Gasteiger charge is 2.19. The first kappa shape index (κ1) is 14.6. The van der Waals surface area contributed by atoms with Gasteiger partial charge in [-0.15, -0.1) is 11.3 Å². The molecule has 0 saturated heterocycles. The summed E-state index contributed by atoms with van der Waals surface area (Å²) in [6.45, 7) is 0. The van der Waals surface area contributed by atoms with E-state index in [0.717, 1.165) is 27.1 Å². The number of thiophene rings is 1. The van der Waals surface area contributed by atoms with Crippen LogP contribution in [0.4, 0.5) is 4.39 Å². The van der Waals surface area contributed by atoms with Crippen LogP contribution in [0.5, 0.6) is 0 Å². The van der Waals surface area contributed by atoms with Crippen molar-refractivity contribution in [2.24, 2.45) is 0 Å². The minimum absolute atomic E-state index is 0.266. The van der Waals surface area contributed by atoms with Crippen LogP contribution in [-0.4, -0.2) is 10.9 Å². The molecule has 1 aliphatic rings. The molecule has 2 aromatic rings. The third-order valence-electron chi connectivity index (χ3n) is 3.40. The molecule has 106 valence electrons. The number of halogens is 2. The lowest BCUT2D eigenvalue weighted by Gasteiger charge is -2.10. The Morgan fingerprint density at radius 3 is 3.00 bits per heavy atom. The number of hydrogen-bond donors (Lipinski definition) is 1. The minimum Gasteiger partial charge on any atom is -0.387 e. The molecule has 0 amide bonds. The van der Waals surface area contributed by atoms with Gasteiger partial charge < -0.3 is 5.11 Å². The third-order valence-corrected chi connectivity index (χ3v) is 6.52. The van der Waals surface area contributed by atoms with Crippen LogP contribution in [0.3, 0.4) is 0 Å². The Morgan fingerprint density at radius 1 is 1.35 bits per heavy atom. The molecule has 1 N–H and O–H groups in total. The first-order valence-electron chi connectivity index (χ1n) is 6.44. The van der Waals surface area contributed by atoms with Crippen molar-refractivity contribution in [1.29, 1.82) is 0 Å². The molecule has 0 fully saturated rings. The largest absolute Gasteiger partial charge is 0.387 e. The zero-order valence-electron chi connectivity index (χ0n) is 10.7. The van der Waals surface area contributed by atoms with Gasteiger partial charge in [-0.1, -0.05) is 15.9 Å². The van der Waals surface area contributed by atoms with Gasteiger partial charge in [-0.25, -0.2) is 4.39 Å². The summed E-state index contributed by atoms with van der Waals surface area (Å²) in [5, 5.41) is 10.4. The van der Waals surface area contributed by atoms with E-state index in [9.17, 15) is 9.50 Å². The maximum atomic E-state index is 13.3. The second-order valence-corrected chi connectivity index (χ2v) is 7.98. The highest BCUT2D eigenvalue weighted by atomic mass is 79.9. The van der Waals surface area contributed by atoms with E-state index < -0.39 is 6.10 Å². The Bertz CT molecular complexity index is 603. The summed E-state index contributed by atoms with van der Waals surface area (Å²) < 4.78 is 14.1. The van der Waals surface area contributed by atoms with Crippen molar-refractivity contribution in [3.8, 4) is 0 Å². The average Bonchev–Trinajstić information content (AvgIpc) is 2.87. The van der Waals surface area contributed by atoms with E-state index in [4.69, 9.17) is 0 Å². The fraction of sp³-hybridized carbons (Fsp3) is 0.333. The van der Waals surface area contributed by atoms with E-state index in [-0.39, 0.29) is 5.82 Å². The van der Waals surface area contributed by atoms with E-state index in [1.165, 1.54) is 28.3 Å². The second kappa shape index (κ2) is 6.18. The quantitative estimate of drug-likeness (QED) is 0.841.